The molecule has 0 aliphatic heterocycles. The van der Waals surface area contributed by atoms with Crippen molar-refractivity contribution in [2.24, 2.45) is 0 Å². The first-order valence-corrected chi connectivity index (χ1v) is 3.00. The molecular weight excluding hydrogens is 214 g/mol. The van der Waals surface area contributed by atoms with Gasteiger partial charge in [0.1, 0.15) is 12.5 Å². The molecule has 1 unspecified atom stereocenters. The molecule has 0 bridgehead atoms. The lowest BCUT2D eigenvalue weighted by Crippen LogP contribution is -2.07. The molecule has 2 nitrogen and oxygen atoms in total. The summed E-state index contributed by atoms with van der Waals surface area (Å²) in [5, 5.41) is 14.8. The van der Waals surface area contributed by atoms with E-state index >= 15 is 0 Å². The van der Waals surface area contributed by atoms with Gasteiger partial charge in [0.05, 0.1) is 6.07 Å². The molecule has 0 rings (SSSR count). The van der Waals surface area contributed by atoms with Crippen molar-refractivity contribution in [1.29, 1.82) is 10.5 Å². The maximum Gasteiger partial charge on any atom is 0.401 e. The van der Waals surface area contributed by atoms with Crippen LogP contribution >= 0.6 is 0 Å². The minimum atomic E-state index is -4.31. The summed E-state index contributed by atoms with van der Waals surface area (Å²) >= 11 is 0. The van der Waals surface area contributed by atoms with Crippen LogP contribution in [0.2, 0.25) is 0 Å². The molecule has 0 aromatic heterocycles. The van der Waals surface area contributed by atoms with Gasteiger partial charge in [-0.05, 0) is 0 Å². The largest absolute Gasteiger partial charge is 0.401 e. The number of alkyl halides is 6. The van der Waals surface area contributed by atoms with Gasteiger partial charge in [-0.1, -0.05) is 0 Å². The van der Waals surface area contributed by atoms with E-state index in [2.05, 4.69) is 0 Å². The van der Waals surface area contributed by atoms with Gasteiger partial charge in [-0.15, -0.1) is 0 Å². The van der Waals surface area contributed by atoms with Gasteiger partial charge in [0.25, 0.3) is 6.43 Å². The van der Waals surface area contributed by atoms with Crippen molar-refractivity contribution in [2.75, 3.05) is 0 Å². The van der Waals surface area contributed by atoms with Gasteiger partial charge in [-0.3, -0.25) is 0 Å². The molecule has 0 saturated carbocycles. The SMILES string of the molecule is N#CC(F)C(F)F.N#CCC(F)(F)F. The quantitative estimate of drug-likeness (QED) is 0.635. The Morgan fingerprint density at radius 2 is 1.50 bits per heavy atom. The molecule has 1 atom stereocenters. The van der Waals surface area contributed by atoms with Crippen molar-refractivity contribution in [3.8, 4) is 12.1 Å². The fourth-order valence-electron chi connectivity index (χ4n) is 0.146. The average molecular weight is 218 g/mol. The van der Waals surface area contributed by atoms with Gasteiger partial charge in [-0.25, -0.2) is 13.2 Å². The maximum absolute atomic E-state index is 11.1. The van der Waals surface area contributed by atoms with Gasteiger partial charge in [0.2, 0.25) is 6.17 Å². The summed E-state index contributed by atoms with van der Waals surface area (Å²) in [6, 6.07) is 1.73. The zero-order chi connectivity index (χ0) is 11.8. The number of nitriles is 2. The molecule has 0 amide bonds. The molecule has 0 fully saturated rings. The molecule has 0 aromatic carbocycles. The van der Waals surface area contributed by atoms with Gasteiger partial charge >= 0.3 is 6.18 Å². The van der Waals surface area contributed by atoms with Crippen molar-refractivity contribution in [3.05, 3.63) is 0 Å². The first kappa shape index (κ1) is 15.1. The highest BCUT2D eigenvalue weighted by atomic mass is 19.4. The van der Waals surface area contributed by atoms with Crippen molar-refractivity contribution in [3.63, 3.8) is 0 Å². The summed E-state index contributed by atoms with van der Waals surface area (Å²) in [5.74, 6) is 0. The molecule has 0 heterocycles. The highest BCUT2D eigenvalue weighted by Gasteiger charge is 2.25. The van der Waals surface area contributed by atoms with Crippen LogP contribution in [-0.2, 0) is 0 Å². The first-order valence-electron chi connectivity index (χ1n) is 3.00. The number of nitrogens with zero attached hydrogens (tertiary/aromatic N) is 2. The second-order valence-electron chi connectivity index (χ2n) is 1.82. The third kappa shape index (κ3) is 13.2. The van der Waals surface area contributed by atoms with Gasteiger partial charge in [-0.2, -0.15) is 23.7 Å². The lowest BCUT2D eigenvalue weighted by atomic mass is 10.5. The van der Waals surface area contributed by atoms with Crippen LogP contribution in [0, 0.1) is 22.7 Å². The van der Waals surface area contributed by atoms with Crippen molar-refractivity contribution < 1.29 is 26.3 Å². The molecule has 0 aliphatic rings. The summed E-state index contributed by atoms with van der Waals surface area (Å²) in [7, 11) is 0. The van der Waals surface area contributed by atoms with E-state index in [1.165, 1.54) is 0 Å². The van der Waals surface area contributed by atoms with E-state index in [0.717, 1.165) is 12.1 Å². The highest BCUT2D eigenvalue weighted by Crippen LogP contribution is 2.17. The van der Waals surface area contributed by atoms with Crippen LogP contribution in [0.25, 0.3) is 0 Å². The Hall–Kier alpha value is -1.44. The van der Waals surface area contributed by atoms with Crippen LogP contribution in [0.15, 0.2) is 0 Å². The Labute approximate surface area is 75.3 Å². The monoisotopic (exact) mass is 218 g/mol. The van der Waals surface area contributed by atoms with Crippen molar-refractivity contribution >= 4 is 0 Å². The Morgan fingerprint density at radius 3 is 1.50 bits per heavy atom. The van der Waals surface area contributed by atoms with E-state index in [9.17, 15) is 26.3 Å². The van der Waals surface area contributed by atoms with E-state index in [1.54, 1.807) is 0 Å². The van der Waals surface area contributed by atoms with Crippen molar-refractivity contribution in [2.45, 2.75) is 25.2 Å². The summed E-state index contributed by atoms with van der Waals surface area (Å²) in [4.78, 5) is 0. The van der Waals surface area contributed by atoms with Gasteiger partial charge in [0.15, 0.2) is 0 Å². The van der Waals surface area contributed by atoms with E-state index in [4.69, 9.17) is 10.5 Å². The Morgan fingerprint density at radius 1 is 1.07 bits per heavy atom. The first-order chi connectivity index (χ1) is 6.24. The van der Waals surface area contributed by atoms with Crippen LogP contribution in [0.1, 0.15) is 6.42 Å². The van der Waals surface area contributed by atoms with E-state index < -0.39 is 25.2 Å². The second-order valence-corrected chi connectivity index (χ2v) is 1.82. The molecule has 14 heavy (non-hydrogen) atoms. The second kappa shape index (κ2) is 7.01. The maximum atomic E-state index is 11.1. The zero-order valence-electron chi connectivity index (χ0n) is 6.52. The lowest BCUT2D eigenvalue weighted by molar-refractivity contribution is -0.123. The molecule has 0 radical (unpaired) electrons. The third-order valence-corrected chi connectivity index (χ3v) is 0.624. The summed E-state index contributed by atoms with van der Waals surface area (Å²) in [5.41, 5.74) is 0. The average Bonchev–Trinajstić information content (AvgIpc) is 2.01. The smallest absolute Gasteiger partial charge is 0.225 e. The molecule has 0 spiro atoms. The number of rotatable bonds is 1. The Balaban J connectivity index is 0. The normalized spacial score (nSPS) is 12.1. The highest BCUT2D eigenvalue weighted by molar-refractivity contribution is 4.83. The third-order valence-electron chi connectivity index (χ3n) is 0.624. The van der Waals surface area contributed by atoms with Crippen LogP contribution in [0.5, 0.6) is 0 Å². The molecular formula is C6H4F6N2. The molecule has 80 valence electrons. The fourth-order valence-corrected chi connectivity index (χ4v) is 0.146. The predicted octanol–water partition coefficient (Wildman–Crippen LogP) is 2.58. The van der Waals surface area contributed by atoms with Crippen LogP contribution in [0.4, 0.5) is 26.3 Å². The summed E-state index contributed by atoms with van der Waals surface area (Å²) in [6.45, 7) is 0. The molecule has 0 aliphatic carbocycles. The van der Waals surface area contributed by atoms with Crippen LogP contribution in [-0.4, -0.2) is 18.8 Å². The minimum Gasteiger partial charge on any atom is -0.225 e. The standard InChI is InChI=1S/2C3H2F3N/c4-2(1-7)3(5)6;4-3(5,6)1-2-7/h2-3H;1H2. The zero-order valence-corrected chi connectivity index (χ0v) is 6.52. The number of hydrogen-bond acceptors (Lipinski definition) is 2. The number of hydrogen-bond donors (Lipinski definition) is 0. The van der Waals surface area contributed by atoms with Gasteiger partial charge < -0.3 is 0 Å². The van der Waals surface area contributed by atoms with Crippen LogP contribution in [0.3, 0.4) is 0 Å². The van der Waals surface area contributed by atoms with Crippen LogP contribution < -0.4 is 0 Å². The molecule has 0 aromatic rings. The minimum absolute atomic E-state index is 0.748. The molecule has 0 saturated heterocycles. The number of halogens is 6. The molecule has 8 heteroatoms. The predicted molar refractivity (Wildman–Crippen MR) is 32.8 cm³/mol. The fraction of sp³-hybridized carbons (Fsp3) is 0.667. The summed E-state index contributed by atoms with van der Waals surface area (Å²) < 4.78 is 65.3. The summed E-state index contributed by atoms with van der Waals surface area (Å²) in [6.07, 6.45) is -11.5. The van der Waals surface area contributed by atoms with E-state index in [0.29, 0.717) is 0 Å². The van der Waals surface area contributed by atoms with E-state index in [1.807, 2.05) is 0 Å². The van der Waals surface area contributed by atoms with Gasteiger partial charge in [0, 0.05) is 0 Å². The van der Waals surface area contributed by atoms with E-state index in [-0.39, 0.29) is 0 Å². The van der Waals surface area contributed by atoms with Crippen molar-refractivity contribution in [1.82, 2.24) is 0 Å². The Bertz CT molecular complexity index is 222. The lowest BCUT2D eigenvalue weighted by Gasteiger charge is -1.94. The Kier molecular flexibility index (Phi) is 7.54. The topological polar surface area (TPSA) is 47.6 Å². The molecule has 0 N–H and O–H groups in total.